The topological polar surface area (TPSA) is 60.0 Å². The van der Waals surface area contributed by atoms with E-state index in [1.54, 1.807) is 4.90 Å². The van der Waals surface area contributed by atoms with Gasteiger partial charge in [0.2, 0.25) is 0 Å². The third-order valence-corrected chi connectivity index (χ3v) is 6.47. The molecule has 3 aromatic carbocycles. The van der Waals surface area contributed by atoms with E-state index in [9.17, 15) is 4.79 Å². The summed E-state index contributed by atoms with van der Waals surface area (Å²) in [5.74, 6) is 1.42. The van der Waals surface area contributed by atoms with Crippen LogP contribution in [0.1, 0.15) is 17.2 Å². The van der Waals surface area contributed by atoms with E-state index in [1.807, 2.05) is 72.8 Å². The summed E-state index contributed by atoms with van der Waals surface area (Å²) in [7, 11) is 0. The van der Waals surface area contributed by atoms with Gasteiger partial charge in [-0.05, 0) is 35.9 Å². The van der Waals surface area contributed by atoms with Crippen LogP contribution >= 0.6 is 23.2 Å². The van der Waals surface area contributed by atoms with Gasteiger partial charge < -0.3 is 24.4 Å². The summed E-state index contributed by atoms with van der Waals surface area (Å²) >= 11 is 12.5. The van der Waals surface area contributed by atoms with Crippen molar-refractivity contribution in [3.63, 3.8) is 0 Å². The summed E-state index contributed by atoms with van der Waals surface area (Å²) < 4.78 is 18.0. The van der Waals surface area contributed by atoms with Gasteiger partial charge in [0.25, 0.3) is 0 Å². The Morgan fingerprint density at radius 1 is 1.00 bits per heavy atom. The summed E-state index contributed by atoms with van der Waals surface area (Å²) in [6, 6.07) is 22.5. The number of halogens is 2. The number of hydrogen-bond acceptors (Lipinski definition) is 4. The second-order valence-electron chi connectivity index (χ2n) is 8.30. The lowest BCUT2D eigenvalue weighted by Crippen LogP contribution is -2.59. The van der Waals surface area contributed by atoms with Crippen LogP contribution in [0.3, 0.4) is 0 Å². The van der Waals surface area contributed by atoms with Crippen molar-refractivity contribution in [3.05, 3.63) is 94.0 Å². The molecule has 3 aromatic rings. The number of nitrogens with one attached hydrogen (secondary N) is 1. The molecule has 34 heavy (non-hydrogen) atoms. The van der Waals surface area contributed by atoms with Gasteiger partial charge in [-0.2, -0.15) is 0 Å². The number of nitrogens with zero attached hydrogens (tertiary/aromatic N) is 1. The number of ether oxygens (including phenoxy) is 3. The van der Waals surface area contributed by atoms with Crippen LogP contribution in [-0.4, -0.2) is 49.4 Å². The summed E-state index contributed by atoms with van der Waals surface area (Å²) in [6.45, 7) is 1.74. The van der Waals surface area contributed by atoms with Crippen molar-refractivity contribution in [1.29, 1.82) is 0 Å². The molecule has 2 aliphatic heterocycles. The molecule has 0 radical (unpaired) electrons. The van der Waals surface area contributed by atoms with Gasteiger partial charge in [0.15, 0.2) is 17.6 Å². The van der Waals surface area contributed by atoms with Crippen LogP contribution in [0.15, 0.2) is 72.8 Å². The van der Waals surface area contributed by atoms with E-state index >= 15 is 0 Å². The quantitative estimate of drug-likeness (QED) is 0.498. The molecule has 1 saturated heterocycles. The van der Waals surface area contributed by atoms with Crippen LogP contribution in [0, 0.1) is 0 Å². The molecule has 0 spiro atoms. The Morgan fingerprint density at radius 2 is 1.71 bits per heavy atom. The lowest BCUT2D eigenvalue weighted by molar-refractivity contribution is -0.0647. The molecule has 1 fully saturated rings. The van der Waals surface area contributed by atoms with E-state index < -0.39 is 0 Å². The van der Waals surface area contributed by atoms with E-state index in [0.717, 1.165) is 16.9 Å². The molecule has 2 unspecified atom stereocenters. The van der Waals surface area contributed by atoms with E-state index in [1.165, 1.54) is 0 Å². The van der Waals surface area contributed by atoms with Crippen molar-refractivity contribution in [3.8, 4) is 11.5 Å². The molecule has 2 heterocycles. The zero-order valence-corrected chi connectivity index (χ0v) is 19.8. The second kappa shape index (κ2) is 10.1. The Morgan fingerprint density at radius 3 is 2.47 bits per heavy atom. The van der Waals surface area contributed by atoms with Gasteiger partial charge in [0.05, 0.1) is 25.7 Å². The Hall–Kier alpha value is -2.93. The van der Waals surface area contributed by atoms with Crippen molar-refractivity contribution >= 4 is 29.2 Å². The Balaban J connectivity index is 1.15. The average molecular weight is 499 g/mol. The van der Waals surface area contributed by atoms with Crippen LogP contribution in [0.2, 0.25) is 10.0 Å². The van der Waals surface area contributed by atoms with Gasteiger partial charge in [-0.1, -0.05) is 65.7 Å². The van der Waals surface area contributed by atoms with Gasteiger partial charge in [-0.3, -0.25) is 0 Å². The number of urea groups is 1. The van der Waals surface area contributed by atoms with Gasteiger partial charge >= 0.3 is 6.03 Å². The first-order valence-electron chi connectivity index (χ1n) is 11.1. The highest BCUT2D eigenvalue weighted by molar-refractivity contribution is 6.31. The SMILES string of the molecule is O=C(NCC1COc2ccccc2O1)N1CC(OC(c2ccc(Cl)cc2)c2ccccc2Cl)C1. The van der Waals surface area contributed by atoms with Crippen molar-refractivity contribution in [2.24, 2.45) is 0 Å². The molecule has 8 heteroatoms. The number of amides is 2. The predicted octanol–water partition coefficient (Wildman–Crippen LogP) is 5.33. The highest BCUT2D eigenvalue weighted by Gasteiger charge is 2.35. The van der Waals surface area contributed by atoms with Gasteiger partial charge in [-0.25, -0.2) is 4.79 Å². The normalized spacial score (nSPS) is 18.2. The van der Waals surface area contributed by atoms with E-state index in [-0.39, 0.29) is 24.3 Å². The molecule has 2 atom stereocenters. The van der Waals surface area contributed by atoms with E-state index in [2.05, 4.69) is 5.32 Å². The molecule has 2 amide bonds. The van der Waals surface area contributed by atoms with Crippen LogP contribution < -0.4 is 14.8 Å². The third-order valence-electron chi connectivity index (χ3n) is 5.87. The fraction of sp³-hybridized carbons (Fsp3) is 0.269. The Kier molecular flexibility index (Phi) is 6.81. The molecule has 0 bridgehead atoms. The molecule has 176 valence electrons. The molecule has 0 aromatic heterocycles. The van der Waals surface area contributed by atoms with Gasteiger partial charge in [-0.15, -0.1) is 0 Å². The average Bonchev–Trinajstić information content (AvgIpc) is 2.83. The minimum Gasteiger partial charge on any atom is -0.486 e. The minimum atomic E-state index is -0.353. The molecule has 2 aliphatic rings. The Labute approximate surface area is 208 Å². The first-order chi connectivity index (χ1) is 16.6. The molecule has 5 rings (SSSR count). The maximum Gasteiger partial charge on any atom is 0.317 e. The highest BCUT2D eigenvalue weighted by atomic mass is 35.5. The fourth-order valence-electron chi connectivity index (χ4n) is 4.02. The zero-order chi connectivity index (χ0) is 23.5. The number of carbonyl (C=O) groups is 1. The molecular formula is C26H24Cl2N2O4. The van der Waals surface area contributed by atoms with Gasteiger partial charge in [0, 0.05) is 15.6 Å². The monoisotopic (exact) mass is 498 g/mol. The summed E-state index contributed by atoms with van der Waals surface area (Å²) in [6.07, 6.45) is -0.695. The standard InChI is InChI=1S/C26H24Cl2N2O4/c27-18-11-9-17(10-12-18)25(21-5-1-2-6-22(21)28)34-20-14-30(15-20)26(31)29-13-19-16-32-23-7-3-4-8-24(23)33-19/h1-12,19-20,25H,13-16H2,(H,29,31). The maximum absolute atomic E-state index is 12.6. The molecule has 6 nitrogen and oxygen atoms in total. The van der Waals surface area contributed by atoms with Crippen molar-refractivity contribution < 1.29 is 19.0 Å². The number of rotatable bonds is 6. The van der Waals surface area contributed by atoms with Crippen LogP contribution in [0.4, 0.5) is 4.79 Å². The van der Waals surface area contributed by atoms with E-state index in [4.69, 9.17) is 37.4 Å². The number of benzene rings is 3. The van der Waals surface area contributed by atoms with Crippen molar-refractivity contribution in [1.82, 2.24) is 10.2 Å². The third kappa shape index (κ3) is 5.09. The number of fused-ring (bicyclic) bond motifs is 1. The molecule has 0 aliphatic carbocycles. The smallest absolute Gasteiger partial charge is 0.317 e. The number of para-hydroxylation sites is 2. The largest absolute Gasteiger partial charge is 0.486 e. The lowest BCUT2D eigenvalue weighted by Gasteiger charge is -2.41. The van der Waals surface area contributed by atoms with Crippen LogP contribution in [-0.2, 0) is 4.74 Å². The summed E-state index contributed by atoms with van der Waals surface area (Å²) in [4.78, 5) is 14.3. The number of hydrogen-bond donors (Lipinski definition) is 1. The molecular weight excluding hydrogens is 475 g/mol. The van der Waals surface area contributed by atoms with Crippen molar-refractivity contribution in [2.45, 2.75) is 18.3 Å². The second-order valence-corrected chi connectivity index (χ2v) is 9.14. The maximum atomic E-state index is 12.6. The van der Waals surface area contributed by atoms with Crippen LogP contribution in [0.5, 0.6) is 11.5 Å². The first-order valence-corrected chi connectivity index (χ1v) is 11.9. The Bertz CT molecular complexity index is 1150. The fourth-order valence-corrected chi connectivity index (χ4v) is 4.38. The van der Waals surface area contributed by atoms with Gasteiger partial charge in [0.1, 0.15) is 12.7 Å². The lowest BCUT2D eigenvalue weighted by atomic mass is 10.0. The zero-order valence-electron chi connectivity index (χ0n) is 18.3. The number of likely N-dealkylation sites (tertiary alicyclic amines) is 1. The van der Waals surface area contributed by atoms with Crippen molar-refractivity contribution in [2.75, 3.05) is 26.2 Å². The minimum absolute atomic E-state index is 0.108. The first kappa shape index (κ1) is 22.8. The summed E-state index contributed by atoms with van der Waals surface area (Å²) in [5.41, 5.74) is 1.83. The van der Waals surface area contributed by atoms with Crippen LogP contribution in [0.25, 0.3) is 0 Å². The molecule has 1 N–H and O–H groups in total. The van der Waals surface area contributed by atoms with E-state index in [0.29, 0.717) is 42.0 Å². The number of carbonyl (C=O) groups excluding carboxylic acids is 1. The molecule has 0 saturated carbocycles. The summed E-state index contributed by atoms with van der Waals surface area (Å²) in [5, 5.41) is 4.22. The highest BCUT2D eigenvalue weighted by Crippen LogP contribution is 2.34. The predicted molar refractivity (Wildman–Crippen MR) is 131 cm³/mol.